The molecule has 0 aromatic heterocycles. The van der Waals surface area contributed by atoms with Gasteiger partial charge in [0.2, 0.25) is 5.91 Å². The van der Waals surface area contributed by atoms with Crippen LogP contribution in [0.25, 0.3) is 0 Å². The number of amides is 2. The van der Waals surface area contributed by atoms with Crippen molar-refractivity contribution in [3.05, 3.63) is 24.0 Å². The summed E-state index contributed by atoms with van der Waals surface area (Å²) in [6, 6.07) is 4.60. The van der Waals surface area contributed by atoms with Crippen molar-refractivity contribution >= 4 is 35.0 Å². The lowest BCUT2D eigenvalue weighted by molar-refractivity contribution is -0.119. The SMILES string of the molecule is CC(=O)NC[C@H]1CN(c2ccc(N3CCC(O)(CCl)CC3)c(F)c2)C(=O)O1. The molecular formula is C18H23ClFN3O4. The number of halogens is 2. The number of carbonyl (C=O) groups is 2. The number of piperidine rings is 1. The summed E-state index contributed by atoms with van der Waals surface area (Å²) in [4.78, 5) is 26.2. The minimum atomic E-state index is -0.892. The summed E-state index contributed by atoms with van der Waals surface area (Å²) < 4.78 is 19.9. The second-order valence-electron chi connectivity index (χ2n) is 7.03. The van der Waals surface area contributed by atoms with E-state index in [1.54, 1.807) is 12.1 Å². The second-order valence-corrected chi connectivity index (χ2v) is 7.30. The molecule has 27 heavy (non-hydrogen) atoms. The van der Waals surface area contributed by atoms with E-state index in [4.69, 9.17) is 16.3 Å². The first-order chi connectivity index (χ1) is 12.8. The van der Waals surface area contributed by atoms with Crippen LogP contribution in [0.1, 0.15) is 19.8 Å². The summed E-state index contributed by atoms with van der Waals surface area (Å²) in [5.41, 5.74) is -0.0601. The number of carbonyl (C=O) groups excluding carboxylic acids is 2. The van der Waals surface area contributed by atoms with Crippen LogP contribution in [0.5, 0.6) is 0 Å². The third-order valence-electron chi connectivity index (χ3n) is 4.98. The van der Waals surface area contributed by atoms with Crippen LogP contribution in [0, 0.1) is 5.82 Å². The number of cyclic esters (lactones) is 1. The highest BCUT2D eigenvalue weighted by Gasteiger charge is 2.34. The zero-order valence-corrected chi connectivity index (χ0v) is 15.8. The minimum Gasteiger partial charge on any atom is -0.442 e. The van der Waals surface area contributed by atoms with E-state index in [2.05, 4.69) is 5.32 Å². The van der Waals surface area contributed by atoms with Crippen LogP contribution in [0.15, 0.2) is 18.2 Å². The van der Waals surface area contributed by atoms with Gasteiger partial charge in [-0.05, 0) is 31.0 Å². The number of benzene rings is 1. The van der Waals surface area contributed by atoms with Crippen LogP contribution >= 0.6 is 11.6 Å². The lowest BCUT2D eigenvalue weighted by Gasteiger charge is -2.38. The fraction of sp³-hybridized carbons (Fsp3) is 0.556. The Kier molecular flexibility index (Phi) is 5.76. The van der Waals surface area contributed by atoms with Gasteiger partial charge in [-0.3, -0.25) is 9.69 Å². The number of rotatable bonds is 5. The van der Waals surface area contributed by atoms with Crippen LogP contribution in [0.4, 0.5) is 20.6 Å². The number of anilines is 2. The van der Waals surface area contributed by atoms with Crippen molar-refractivity contribution in [2.24, 2.45) is 0 Å². The Labute approximate surface area is 162 Å². The molecule has 2 fully saturated rings. The molecular weight excluding hydrogens is 377 g/mol. The lowest BCUT2D eigenvalue weighted by atomic mass is 9.93. The average molecular weight is 400 g/mol. The molecule has 1 aromatic rings. The number of ether oxygens (including phenoxy) is 1. The van der Waals surface area contributed by atoms with Gasteiger partial charge in [-0.15, -0.1) is 11.6 Å². The molecule has 2 aliphatic rings. The van der Waals surface area contributed by atoms with Gasteiger partial charge in [0.05, 0.1) is 35.9 Å². The molecule has 2 saturated heterocycles. The van der Waals surface area contributed by atoms with Crippen molar-refractivity contribution in [2.75, 3.05) is 41.9 Å². The van der Waals surface area contributed by atoms with Gasteiger partial charge in [0, 0.05) is 20.0 Å². The maximum absolute atomic E-state index is 14.7. The molecule has 148 valence electrons. The standard InChI is InChI=1S/C18H23ClFN3O4/c1-12(24)21-9-14-10-23(17(25)27-14)13-2-3-16(15(20)8-13)22-6-4-18(26,11-19)5-7-22/h2-3,8,14,26H,4-7,9-11H2,1H3,(H,21,24)/t14-/m0/s1. The van der Waals surface area contributed by atoms with Gasteiger partial charge in [-0.2, -0.15) is 0 Å². The number of aliphatic hydroxyl groups is 1. The summed E-state index contributed by atoms with van der Waals surface area (Å²) in [7, 11) is 0. The quantitative estimate of drug-likeness (QED) is 0.738. The summed E-state index contributed by atoms with van der Waals surface area (Å²) >= 11 is 5.79. The maximum atomic E-state index is 14.7. The molecule has 1 atom stereocenters. The van der Waals surface area contributed by atoms with E-state index in [1.165, 1.54) is 17.9 Å². The van der Waals surface area contributed by atoms with Crippen molar-refractivity contribution in [3.63, 3.8) is 0 Å². The Bertz CT molecular complexity index is 725. The highest BCUT2D eigenvalue weighted by atomic mass is 35.5. The Morgan fingerprint density at radius 3 is 2.74 bits per heavy atom. The number of alkyl halides is 1. The van der Waals surface area contributed by atoms with Crippen molar-refractivity contribution in [2.45, 2.75) is 31.5 Å². The summed E-state index contributed by atoms with van der Waals surface area (Å²) in [5.74, 6) is -0.483. The molecule has 9 heteroatoms. The second kappa shape index (κ2) is 7.90. The molecule has 0 aliphatic carbocycles. The van der Waals surface area contributed by atoms with Crippen molar-refractivity contribution < 1.29 is 23.8 Å². The van der Waals surface area contributed by atoms with E-state index in [1.807, 2.05) is 4.90 Å². The largest absolute Gasteiger partial charge is 0.442 e. The number of nitrogens with zero attached hydrogens (tertiary/aromatic N) is 2. The molecule has 0 saturated carbocycles. The van der Waals surface area contributed by atoms with Crippen LogP contribution in [-0.2, 0) is 9.53 Å². The molecule has 2 amide bonds. The first kappa shape index (κ1) is 19.7. The topological polar surface area (TPSA) is 82.1 Å². The van der Waals surface area contributed by atoms with Gasteiger partial charge in [0.15, 0.2) is 0 Å². The van der Waals surface area contributed by atoms with Gasteiger partial charge in [-0.25, -0.2) is 9.18 Å². The average Bonchev–Trinajstić information content (AvgIpc) is 3.02. The Hall–Kier alpha value is -2.06. The highest BCUT2D eigenvalue weighted by molar-refractivity contribution is 6.18. The number of hydrogen-bond donors (Lipinski definition) is 2. The first-order valence-electron chi connectivity index (χ1n) is 8.87. The fourth-order valence-electron chi connectivity index (χ4n) is 3.31. The van der Waals surface area contributed by atoms with E-state index in [9.17, 15) is 19.1 Å². The molecule has 2 N–H and O–H groups in total. The smallest absolute Gasteiger partial charge is 0.414 e. The number of nitrogens with one attached hydrogen (secondary N) is 1. The summed E-state index contributed by atoms with van der Waals surface area (Å²) in [6.07, 6.45) is -0.0933. The molecule has 3 rings (SSSR count). The first-order valence-corrected chi connectivity index (χ1v) is 9.40. The summed E-state index contributed by atoms with van der Waals surface area (Å²) in [6.45, 7) is 2.85. The van der Waals surface area contributed by atoms with Gasteiger partial charge in [-0.1, -0.05) is 0 Å². The van der Waals surface area contributed by atoms with Gasteiger partial charge in [0.1, 0.15) is 11.9 Å². The van der Waals surface area contributed by atoms with Crippen LogP contribution in [-0.4, -0.2) is 60.9 Å². The predicted octanol–water partition coefficient (Wildman–Crippen LogP) is 1.86. The predicted molar refractivity (Wildman–Crippen MR) is 99.8 cm³/mol. The van der Waals surface area contributed by atoms with Gasteiger partial charge >= 0.3 is 6.09 Å². The lowest BCUT2D eigenvalue weighted by Crippen LogP contribution is -2.45. The van der Waals surface area contributed by atoms with Crippen LogP contribution in [0.3, 0.4) is 0 Å². The minimum absolute atomic E-state index is 0.166. The van der Waals surface area contributed by atoms with Crippen molar-refractivity contribution in [1.82, 2.24) is 5.32 Å². The molecule has 0 radical (unpaired) electrons. The zero-order valence-electron chi connectivity index (χ0n) is 15.1. The third kappa shape index (κ3) is 4.44. The van der Waals surface area contributed by atoms with E-state index >= 15 is 0 Å². The van der Waals surface area contributed by atoms with E-state index in [0.29, 0.717) is 37.3 Å². The fourth-order valence-corrected chi connectivity index (χ4v) is 3.58. The van der Waals surface area contributed by atoms with Crippen molar-refractivity contribution in [3.8, 4) is 0 Å². The normalized spacial score (nSPS) is 21.9. The molecule has 2 aliphatic heterocycles. The maximum Gasteiger partial charge on any atom is 0.414 e. The van der Waals surface area contributed by atoms with E-state index in [-0.39, 0.29) is 24.9 Å². The molecule has 7 nitrogen and oxygen atoms in total. The zero-order chi connectivity index (χ0) is 19.6. The molecule has 0 unspecified atom stereocenters. The van der Waals surface area contributed by atoms with E-state index < -0.39 is 23.6 Å². The van der Waals surface area contributed by atoms with Gasteiger partial charge in [0.25, 0.3) is 0 Å². The Morgan fingerprint density at radius 1 is 1.44 bits per heavy atom. The summed E-state index contributed by atoms with van der Waals surface area (Å²) in [5, 5.41) is 12.8. The molecule has 0 bridgehead atoms. The van der Waals surface area contributed by atoms with Crippen LogP contribution in [0.2, 0.25) is 0 Å². The number of hydrogen-bond acceptors (Lipinski definition) is 5. The van der Waals surface area contributed by atoms with E-state index in [0.717, 1.165) is 0 Å². The Balaban J connectivity index is 1.67. The molecule has 1 aromatic carbocycles. The highest BCUT2D eigenvalue weighted by Crippen LogP contribution is 2.31. The third-order valence-corrected chi connectivity index (χ3v) is 5.48. The van der Waals surface area contributed by atoms with Gasteiger partial charge < -0.3 is 20.1 Å². The van der Waals surface area contributed by atoms with Crippen LogP contribution < -0.4 is 15.1 Å². The van der Waals surface area contributed by atoms with Crippen molar-refractivity contribution in [1.29, 1.82) is 0 Å². The molecule has 2 heterocycles. The monoisotopic (exact) mass is 399 g/mol. The molecule has 0 spiro atoms. The Morgan fingerprint density at radius 2 is 2.15 bits per heavy atom.